The molecule has 1 N–H and O–H groups in total. The van der Waals surface area contributed by atoms with Gasteiger partial charge in [-0.25, -0.2) is 0 Å². The third-order valence-corrected chi connectivity index (χ3v) is 3.51. The maximum atomic E-state index is 9.65. The molecule has 6 atom stereocenters. The number of aliphatic hydroxyl groups is 1. The van der Waals surface area contributed by atoms with Crippen molar-refractivity contribution in [2.75, 3.05) is 6.61 Å². The van der Waals surface area contributed by atoms with Crippen LogP contribution in [0.15, 0.2) is 0 Å². The molecule has 2 saturated heterocycles. The summed E-state index contributed by atoms with van der Waals surface area (Å²) in [6.07, 6.45) is -0.00977. The molecule has 0 aromatic heterocycles. The molecule has 2 unspecified atom stereocenters. The maximum absolute atomic E-state index is 9.65. The lowest BCUT2D eigenvalue weighted by Gasteiger charge is -2.49. The third kappa shape index (κ3) is 1.39. The molecule has 2 rings (SSSR count). The fourth-order valence-electron chi connectivity index (χ4n) is 2.48. The monoisotopic (exact) mass is 186 g/mol. The number of fused-ring (bicyclic) bond motifs is 2. The zero-order valence-corrected chi connectivity index (χ0v) is 8.43. The first kappa shape index (κ1) is 9.44. The van der Waals surface area contributed by atoms with E-state index in [1.54, 1.807) is 0 Å². The van der Waals surface area contributed by atoms with Crippen LogP contribution in [-0.4, -0.2) is 36.1 Å². The van der Waals surface area contributed by atoms with Crippen molar-refractivity contribution >= 4 is 0 Å². The summed E-state index contributed by atoms with van der Waals surface area (Å²) >= 11 is 0. The number of ether oxygens (including phenoxy) is 2. The number of rotatable bonds is 0. The van der Waals surface area contributed by atoms with E-state index in [1.807, 2.05) is 0 Å². The molecular weight excluding hydrogens is 168 g/mol. The number of hydrogen-bond acceptors (Lipinski definition) is 3. The second kappa shape index (κ2) is 3.23. The molecular formula is C10H18O3. The molecule has 0 radical (unpaired) electrons. The van der Waals surface area contributed by atoms with Gasteiger partial charge in [0.1, 0.15) is 6.10 Å². The van der Waals surface area contributed by atoms with Crippen LogP contribution in [0.25, 0.3) is 0 Å². The van der Waals surface area contributed by atoms with E-state index >= 15 is 0 Å². The summed E-state index contributed by atoms with van der Waals surface area (Å²) in [6.45, 7) is 6.73. The van der Waals surface area contributed by atoms with Gasteiger partial charge in [0.25, 0.3) is 0 Å². The summed E-state index contributed by atoms with van der Waals surface area (Å²) in [5.74, 6) is 0.744. The zero-order chi connectivity index (χ0) is 9.59. The van der Waals surface area contributed by atoms with Gasteiger partial charge in [0, 0.05) is 11.8 Å². The topological polar surface area (TPSA) is 38.7 Å². The molecule has 0 amide bonds. The average molecular weight is 186 g/mol. The van der Waals surface area contributed by atoms with Crippen molar-refractivity contribution in [3.05, 3.63) is 0 Å². The first-order valence-corrected chi connectivity index (χ1v) is 5.06. The third-order valence-electron chi connectivity index (χ3n) is 3.51. The van der Waals surface area contributed by atoms with E-state index in [0.717, 1.165) is 0 Å². The van der Waals surface area contributed by atoms with Gasteiger partial charge >= 0.3 is 0 Å². The highest BCUT2D eigenvalue weighted by atomic mass is 16.6. The summed E-state index contributed by atoms with van der Waals surface area (Å²) in [6, 6.07) is 0. The maximum Gasteiger partial charge on any atom is 0.104 e. The van der Waals surface area contributed by atoms with E-state index in [1.165, 1.54) is 0 Å². The minimum atomic E-state index is -0.443. The smallest absolute Gasteiger partial charge is 0.104 e. The van der Waals surface area contributed by atoms with Gasteiger partial charge in [-0.05, 0) is 6.92 Å². The van der Waals surface area contributed by atoms with Gasteiger partial charge in [-0.1, -0.05) is 13.8 Å². The van der Waals surface area contributed by atoms with Crippen LogP contribution in [0, 0.1) is 11.8 Å². The Morgan fingerprint density at radius 2 is 1.77 bits per heavy atom. The Hall–Kier alpha value is -0.120. The molecule has 0 spiro atoms. The predicted molar refractivity (Wildman–Crippen MR) is 48.4 cm³/mol. The van der Waals surface area contributed by atoms with E-state index in [4.69, 9.17) is 9.47 Å². The lowest BCUT2D eigenvalue weighted by Crippen LogP contribution is -2.58. The highest BCUT2D eigenvalue weighted by molar-refractivity contribution is 4.93. The normalized spacial score (nSPS) is 56.3. The molecule has 3 nitrogen and oxygen atoms in total. The van der Waals surface area contributed by atoms with Crippen molar-refractivity contribution < 1.29 is 14.6 Å². The molecule has 0 saturated carbocycles. The molecule has 0 aromatic rings. The number of hydrogen-bond donors (Lipinski definition) is 1. The molecule has 2 fully saturated rings. The summed E-state index contributed by atoms with van der Waals surface area (Å²) < 4.78 is 11.4. The van der Waals surface area contributed by atoms with Crippen molar-refractivity contribution in [3.63, 3.8) is 0 Å². The van der Waals surface area contributed by atoms with Gasteiger partial charge in [-0.2, -0.15) is 0 Å². The van der Waals surface area contributed by atoms with Gasteiger partial charge in [-0.3, -0.25) is 0 Å². The van der Waals surface area contributed by atoms with Crippen LogP contribution < -0.4 is 0 Å². The molecule has 0 aliphatic carbocycles. The predicted octanol–water partition coefficient (Wildman–Crippen LogP) is 0.806. The summed E-state index contributed by atoms with van der Waals surface area (Å²) in [4.78, 5) is 0. The Bertz CT molecular complexity index is 193. The van der Waals surface area contributed by atoms with Crippen LogP contribution in [0.2, 0.25) is 0 Å². The molecule has 2 aliphatic rings. The van der Waals surface area contributed by atoms with Crippen molar-refractivity contribution in [1.82, 2.24) is 0 Å². The zero-order valence-electron chi connectivity index (χ0n) is 8.43. The summed E-state index contributed by atoms with van der Waals surface area (Å²) in [5.41, 5.74) is 0. The summed E-state index contributed by atoms with van der Waals surface area (Å²) in [5, 5.41) is 9.65. The van der Waals surface area contributed by atoms with Crippen LogP contribution in [-0.2, 0) is 9.47 Å². The van der Waals surface area contributed by atoms with E-state index in [0.29, 0.717) is 18.4 Å². The second-order valence-corrected chi connectivity index (χ2v) is 4.39. The van der Waals surface area contributed by atoms with E-state index < -0.39 is 6.10 Å². The molecule has 76 valence electrons. The Kier molecular flexibility index (Phi) is 2.34. The Labute approximate surface area is 79.0 Å². The Balaban J connectivity index is 2.17. The SMILES string of the molecule is C[C@H]1[C@H]2OCC(O)C(O[C@H]1C)[C@@H]2C. The summed E-state index contributed by atoms with van der Waals surface area (Å²) in [7, 11) is 0. The van der Waals surface area contributed by atoms with Crippen LogP contribution in [0.3, 0.4) is 0 Å². The standard InChI is InChI=1S/C10H18O3/c1-5-7(3)13-10-6(2)9(5)12-4-8(10)11/h5-11H,4H2,1-3H3/t5-,6-,7+,8?,9-,10?/m1/s1. The highest BCUT2D eigenvalue weighted by Crippen LogP contribution is 2.36. The minimum absolute atomic E-state index is 0.0232. The van der Waals surface area contributed by atoms with Crippen LogP contribution in [0.5, 0.6) is 0 Å². The van der Waals surface area contributed by atoms with Gasteiger partial charge in [0.2, 0.25) is 0 Å². The molecule has 2 heterocycles. The van der Waals surface area contributed by atoms with Crippen molar-refractivity contribution in [1.29, 1.82) is 0 Å². The van der Waals surface area contributed by atoms with Crippen LogP contribution in [0.4, 0.5) is 0 Å². The fourth-order valence-corrected chi connectivity index (χ4v) is 2.48. The van der Waals surface area contributed by atoms with Gasteiger partial charge in [-0.15, -0.1) is 0 Å². The van der Waals surface area contributed by atoms with Crippen LogP contribution in [0.1, 0.15) is 20.8 Å². The van der Waals surface area contributed by atoms with E-state index in [2.05, 4.69) is 20.8 Å². The van der Waals surface area contributed by atoms with Crippen molar-refractivity contribution in [2.45, 2.75) is 45.2 Å². The largest absolute Gasteiger partial charge is 0.388 e. The van der Waals surface area contributed by atoms with Gasteiger partial charge in [0.15, 0.2) is 0 Å². The Morgan fingerprint density at radius 3 is 2.46 bits per heavy atom. The molecule has 2 bridgehead atoms. The molecule has 3 heteroatoms. The second-order valence-electron chi connectivity index (χ2n) is 4.39. The highest BCUT2D eigenvalue weighted by Gasteiger charge is 2.46. The van der Waals surface area contributed by atoms with Crippen LogP contribution >= 0.6 is 0 Å². The first-order valence-electron chi connectivity index (χ1n) is 5.06. The van der Waals surface area contributed by atoms with E-state index in [9.17, 15) is 5.11 Å². The minimum Gasteiger partial charge on any atom is -0.388 e. The fraction of sp³-hybridized carbons (Fsp3) is 1.00. The van der Waals surface area contributed by atoms with E-state index in [-0.39, 0.29) is 18.3 Å². The van der Waals surface area contributed by atoms with Crippen molar-refractivity contribution in [2.24, 2.45) is 11.8 Å². The lowest BCUT2D eigenvalue weighted by molar-refractivity contribution is -0.251. The first-order chi connectivity index (χ1) is 6.11. The average Bonchev–Trinajstić information content (AvgIpc) is 2.09. The number of aliphatic hydroxyl groups excluding tert-OH is 1. The van der Waals surface area contributed by atoms with Crippen molar-refractivity contribution in [3.8, 4) is 0 Å². The lowest BCUT2D eigenvalue weighted by atomic mass is 9.80. The quantitative estimate of drug-likeness (QED) is 0.608. The molecule has 0 aromatic carbocycles. The van der Waals surface area contributed by atoms with Gasteiger partial charge < -0.3 is 14.6 Å². The molecule has 2 aliphatic heterocycles. The Morgan fingerprint density at radius 1 is 1.08 bits per heavy atom. The van der Waals surface area contributed by atoms with Gasteiger partial charge in [0.05, 0.1) is 24.9 Å². The molecule has 13 heavy (non-hydrogen) atoms.